The molecule has 4 rings (SSSR count). The number of aromatic nitrogens is 2. The summed E-state index contributed by atoms with van der Waals surface area (Å²) in [5, 5.41) is 4.65. The maximum atomic E-state index is 13.1. The van der Waals surface area contributed by atoms with Crippen molar-refractivity contribution in [2.24, 2.45) is 0 Å². The van der Waals surface area contributed by atoms with Gasteiger partial charge in [0.25, 0.3) is 11.5 Å². The van der Waals surface area contributed by atoms with E-state index in [-0.39, 0.29) is 11.5 Å². The van der Waals surface area contributed by atoms with Gasteiger partial charge in [0.15, 0.2) is 0 Å². The molecule has 0 saturated carbocycles. The van der Waals surface area contributed by atoms with Gasteiger partial charge in [0.2, 0.25) is 0 Å². The predicted octanol–water partition coefficient (Wildman–Crippen LogP) is 3.27. The molecule has 1 aromatic heterocycles. The van der Waals surface area contributed by atoms with E-state index in [0.717, 1.165) is 35.7 Å². The maximum absolute atomic E-state index is 13.1. The van der Waals surface area contributed by atoms with Crippen LogP contribution >= 0.6 is 0 Å². The molecule has 0 unspecified atom stereocenters. The molecule has 0 atom stereocenters. The van der Waals surface area contributed by atoms with Crippen LogP contribution in [0.3, 0.4) is 0 Å². The Balaban J connectivity index is 1.50. The van der Waals surface area contributed by atoms with Gasteiger partial charge in [-0.2, -0.15) is 4.68 Å². The average Bonchev–Trinajstić information content (AvgIpc) is 3.07. The molecule has 1 saturated heterocycles. The van der Waals surface area contributed by atoms with Crippen LogP contribution in [0, 0.1) is 13.8 Å². The summed E-state index contributed by atoms with van der Waals surface area (Å²) in [7, 11) is 3.97. The highest BCUT2D eigenvalue weighted by Gasteiger charge is 2.21. The largest absolute Gasteiger partial charge is 0.378 e. The zero-order valence-corrected chi connectivity index (χ0v) is 19.8. The van der Waals surface area contributed by atoms with Gasteiger partial charge in [-0.25, -0.2) is 0 Å². The third-order valence-electron chi connectivity index (χ3n) is 6.26. The van der Waals surface area contributed by atoms with E-state index >= 15 is 0 Å². The molecule has 33 heavy (non-hydrogen) atoms. The summed E-state index contributed by atoms with van der Waals surface area (Å²) in [6.45, 7) is 6.83. The summed E-state index contributed by atoms with van der Waals surface area (Å²) in [5.41, 5.74) is 4.67. The van der Waals surface area contributed by atoms with Crippen LogP contribution < -0.4 is 15.4 Å². The highest BCUT2D eigenvalue weighted by atomic mass is 16.2. The van der Waals surface area contributed by atoms with E-state index in [9.17, 15) is 9.59 Å². The summed E-state index contributed by atoms with van der Waals surface area (Å²) in [5.74, 6) is 0.799. The predicted molar refractivity (Wildman–Crippen MR) is 133 cm³/mol. The van der Waals surface area contributed by atoms with Gasteiger partial charge in [0.1, 0.15) is 5.82 Å². The number of carbonyl (C=O) groups excluding carboxylic acids is 1. The molecule has 7 nitrogen and oxygen atoms in total. The lowest BCUT2D eigenvalue weighted by Gasteiger charge is -2.23. The van der Waals surface area contributed by atoms with Crippen LogP contribution in [0.2, 0.25) is 0 Å². The van der Waals surface area contributed by atoms with Crippen LogP contribution in [0.25, 0.3) is 5.69 Å². The van der Waals surface area contributed by atoms with E-state index in [4.69, 9.17) is 0 Å². The van der Waals surface area contributed by atoms with Gasteiger partial charge in [0, 0.05) is 57.6 Å². The molecule has 172 valence electrons. The number of rotatable bonds is 4. The zero-order chi connectivity index (χ0) is 23.5. The van der Waals surface area contributed by atoms with Crippen molar-refractivity contribution in [1.82, 2.24) is 14.7 Å². The molecule has 2 aromatic carbocycles. The third-order valence-corrected chi connectivity index (χ3v) is 6.26. The Morgan fingerprint density at radius 1 is 0.879 bits per heavy atom. The Hall–Kier alpha value is -3.61. The lowest BCUT2D eigenvalue weighted by molar-refractivity contribution is 0.0767. The fourth-order valence-electron chi connectivity index (χ4n) is 4.05. The molecule has 0 radical (unpaired) electrons. The second-order valence-corrected chi connectivity index (χ2v) is 8.78. The van der Waals surface area contributed by atoms with Gasteiger partial charge < -0.3 is 14.7 Å². The van der Waals surface area contributed by atoms with Crippen molar-refractivity contribution in [1.29, 1.82) is 0 Å². The minimum Gasteiger partial charge on any atom is -0.378 e. The molecule has 7 heteroatoms. The molecule has 1 fully saturated rings. The van der Waals surface area contributed by atoms with Crippen LogP contribution in [-0.4, -0.2) is 60.9 Å². The van der Waals surface area contributed by atoms with E-state index in [1.165, 1.54) is 10.2 Å². The summed E-state index contributed by atoms with van der Waals surface area (Å²) < 4.78 is 1.46. The second kappa shape index (κ2) is 9.48. The zero-order valence-electron chi connectivity index (χ0n) is 19.8. The normalized spacial score (nSPS) is 14.2. The number of aryl methyl sites for hydroxylation is 2. The molecular weight excluding hydrogens is 414 g/mol. The van der Waals surface area contributed by atoms with Crippen molar-refractivity contribution < 1.29 is 4.79 Å². The number of nitrogens with zero attached hydrogens (tertiary/aromatic N) is 5. The topological polar surface area (TPSA) is 61.7 Å². The summed E-state index contributed by atoms with van der Waals surface area (Å²) in [6, 6.07) is 17.0. The fourth-order valence-corrected chi connectivity index (χ4v) is 4.05. The number of hydrogen-bond donors (Lipinski definition) is 0. The van der Waals surface area contributed by atoms with Gasteiger partial charge in [-0.05, 0) is 73.9 Å². The van der Waals surface area contributed by atoms with E-state index in [1.807, 2.05) is 80.2 Å². The summed E-state index contributed by atoms with van der Waals surface area (Å²) >= 11 is 0. The molecule has 2 heterocycles. The van der Waals surface area contributed by atoms with Crippen LogP contribution in [0.5, 0.6) is 0 Å². The van der Waals surface area contributed by atoms with E-state index in [2.05, 4.69) is 10.00 Å². The molecule has 1 aliphatic rings. The SMILES string of the molecule is Cc1ccc(-n2nc(N3CCCN(C(=O)c4ccc(N(C)C)cc4)CC3)ccc2=O)cc1C. The van der Waals surface area contributed by atoms with Crippen LogP contribution in [0.15, 0.2) is 59.4 Å². The number of anilines is 2. The Labute approximate surface area is 194 Å². The lowest BCUT2D eigenvalue weighted by Crippen LogP contribution is -2.36. The Kier molecular flexibility index (Phi) is 6.49. The first-order chi connectivity index (χ1) is 15.8. The lowest BCUT2D eigenvalue weighted by atomic mass is 10.1. The van der Waals surface area contributed by atoms with Gasteiger partial charge in [-0.15, -0.1) is 5.10 Å². The maximum Gasteiger partial charge on any atom is 0.271 e. The number of amides is 1. The average molecular weight is 446 g/mol. The monoisotopic (exact) mass is 445 g/mol. The smallest absolute Gasteiger partial charge is 0.271 e. The Bertz CT molecular complexity index is 1200. The van der Waals surface area contributed by atoms with Crippen LogP contribution in [0.1, 0.15) is 27.9 Å². The van der Waals surface area contributed by atoms with Crippen molar-refractivity contribution in [3.05, 3.63) is 81.6 Å². The molecule has 1 aliphatic heterocycles. The van der Waals surface area contributed by atoms with Crippen LogP contribution in [0.4, 0.5) is 11.5 Å². The second-order valence-electron chi connectivity index (χ2n) is 8.78. The molecule has 1 amide bonds. The summed E-state index contributed by atoms with van der Waals surface area (Å²) in [4.78, 5) is 31.6. The first-order valence-corrected chi connectivity index (χ1v) is 11.3. The highest BCUT2D eigenvalue weighted by Crippen LogP contribution is 2.18. The van der Waals surface area contributed by atoms with Gasteiger partial charge in [0.05, 0.1) is 5.69 Å². The molecule has 3 aromatic rings. The highest BCUT2D eigenvalue weighted by molar-refractivity contribution is 5.94. The quantitative estimate of drug-likeness (QED) is 0.617. The van der Waals surface area contributed by atoms with Crippen molar-refractivity contribution in [3.63, 3.8) is 0 Å². The minimum absolute atomic E-state index is 0.0511. The standard InChI is InChI=1S/C26H31N5O2/c1-19-6-9-23(18-20(19)2)31-25(32)13-12-24(27-31)29-14-5-15-30(17-16-29)26(33)21-7-10-22(11-8-21)28(3)4/h6-13,18H,5,14-17H2,1-4H3. The third kappa shape index (κ3) is 4.92. The number of hydrogen-bond acceptors (Lipinski definition) is 5. The first-order valence-electron chi connectivity index (χ1n) is 11.3. The molecular formula is C26H31N5O2. The van der Waals surface area contributed by atoms with E-state index < -0.39 is 0 Å². The van der Waals surface area contributed by atoms with Gasteiger partial charge >= 0.3 is 0 Å². The molecule has 0 spiro atoms. The van der Waals surface area contributed by atoms with Crippen molar-refractivity contribution in [2.75, 3.05) is 50.1 Å². The van der Waals surface area contributed by atoms with Crippen LogP contribution in [-0.2, 0) is 0 Å². The van der Waals surface area contributed by atoms with E-state index in [1.54, 1.807) is 12.1 Å². The van der Waals surface area contributed by atoms with E-state index in [0.29, 0.717) is 25.2 Å². The Morgan fingerprint density at radius 2 is 1.64 bits per heavy atom. The number of carbonyl (C=O) groups is 1. The molecule has 0 aliphatic carbocycles. The number of benzene rings is 2. The van der Waals surface area contributed by atoms with Crippen molar-refractivity contribution >= 4 is 17.4 Å². The van der Waals surface area contributed by atoms with Gasteiger partial charge in [-0.1, -0.05) is 6.07 Å². The van der Waals surface area contributed by atoms with Crippen molar-refractivity contribution in [3.8, 4) is 5.69 Å². The van der Waals surface area contributed by atoms with Gasteiger partial charge in [-0.3, -0.25) is 9.59 Å². The minimum atomic E-state index is -0.158. The first kappa shape index (κ1) is 22.6. The molecule has 0 bridgehead atoms. The summed E-state index contributed by atoms with van der Waals surface area (Å²) in [6.07, 6.45) is 0.839. The fraction of sp³-hybridized carbons (Fsp3) is 0.346. The Morgan fingerprint density at radius 3 is 2.33 bits per heavy atom. The molecule has 0 N–H and O–H groups in total. The van der Waals surface area contributed by atoms with Crippen molar-refractivity contribution in [2.45, 2.75) is 20.3 Å².